The highest BCUT2D eigenvalue weighted by Crippen LogP contribution is 2.32. The van der Waals surface area contributed by atoms with Crippen LogP contribution in [0.25, 0.3) is 0 Å². The number of rotatable bonds is 4. The number of halogens is 2. The fourth-order valence-electron chi connectivity index (χ4n) is 1.22. The Morgan fingerprint density at radius 1 is 1.40 bits per heavy atom. The first-order valence-corrected chi connectivity index (χ1v) is 7.08. The molecule has 1 rings (SSSR count). The maximum atomic E-state index is 13.6. The van der Waals surface area contributed by atoms with E-state index in [2.05, 4.69) is 8.92 Å². The van der Waals surface area contributed by atoms with Gasteiger partial charge in [-0.2, -0.15) is 8.42 Å². The molecule has 0 saturated carbocycles. The second kappa shape index (κ2) is 5.90. The molecular weight excluding hydrogens is 298 g/mol. The Labute approximate surface area is 113 Å². The zero-order valence-electron chi connectivity index (χ0n) is 10.6. The minimum atomic E-state index is -4.05. The van der Waals surface area contributed by atoms with Crippen molar-refractivity contribution < 1.29 is 30.9 Å². The maximum absolute atomic E-state index is 13.6. The molecule has 7 nitrogen and oxygen atoms in total. The molecule has 0 saturated heterocycles. The normalized spacial score (nSPS) is 11.0. The summed E-state index contributed by atoms with van der Waals surface area (Å²) >= 11 is 0. The molecule has 112 valence electrons. The van der Waals surface area contributed by atoms with Crippen LogP contribution in [-0.4, -0.2) is 27.4 Å². The van der Waals surface area contributed by atoms with Crippen molar-refractivity contribution in [1.82, 2.24) is 0 Å². The van der Waals surface area contributed by atoms with Gasteiger partial charge in [-0.1, -0.05) is 0 Å². The van der Waals surface area contributed by atoms with E-state index in [-0.39, 0.29) is 6.61 Å². The second-order valence-corrected chi connectivity index (χ2v) is 5.17. The Kier molecular flexibility index (Phi) is 4.71. The van der Waals surface area contributed by atoms with Crippen LogP contribution in [0.4, 0.5) is 25.0 Å². The summed E-state index contributed by atoms with van der Waals surface area (Å²) in [6.45, 7) is 1.55. The molecule has 0 atom stereocenters. The molecule has 10 heteroatoms. The first-order chi connectivity index (χ1) is 9.15. The highest BCUT2D eigenvalue weighted by molar-refractivity contribution is 7.86. The van der Waals surface area contributed by atoms with Gasteiger partial charge in [0.1, 0.15) is 5.69 Å². The first-order valence-electron chi connectivity index (χ1n) is 5.26. The summed E-state index contributed by atoms with van der Waals surface area (Å²) in [5.41, 5.74) is 3.58. The smallest absolute Gasteiger partial charge is 0.411 e. The zero-order chi connectivity index (χ0) is 15.5. The van der Waals surface area contributed by atoms with Gasteiger partial charge in [0.2, 0.25) is 0 Å². The largest absolute Gasteiger partial charge is 0.450 e. The van der Waals surface area contributed by atoms with Crippen molar-refractivity contribution in [3.05, 3.63) is 17.7 Å². The quantitative estimate of drug-likeness (QED) is 0.644. The first kappa shape index (κ1) is 16.0. The Morgan fingerprint density at radius 3 is 2.50 bits per heavy atom. The molecule has 0 aliphatic heterocycles. The van der Waals surface area contributed by atoms with Gasteiger partial charge in [0.15, 0.2) is 17.4 Å². The molecular formula is C10H12F2N2O5S. The molecule has 0 unspecified atom stereocenters. The third-order valence-corrected chi connectivity index (χ3v) is 2.44. The Balaban J connectivity index is 3.22. The fourth-order valence-corrected chi connectivity index (χ4v) is 1.67. The summed E-state index contributed by atoms with van der Waals surface area (Å²) in [6, 6.07) is 0.652. The van der Waals surface area contributed by atoms with E-state index in [0.717, 1.165) is 0 Å². The van der Waals surface area contributed by atoms with Gasteiger partial charge in [0.25, 0.3) is 0 Å². The average Bonchev–Trinajstić information content (AvgIpc) is 2.31. The number of nitrogens with one attached hydrogen (secondary N) is 1. The summed E-state index contributed by atoms with van der Waals surface area (Å²) in [4.78, 5) is 11.2. The van der Waals surface area contributed by atoms with E-state index in [4.69, 9.17) is 5.73 Å². The van der Waals surface area contributed by atoms with Gasteiger partial charge in [-0.25, -0.2) is 13.6 Å². The van der Waals surface area contributed by atoms with Crippen molar-refractivity contribution in [1.29, 1.82) is 0 Å². The second-order valence-electron chi connectivity index (χ2n) is 3.60. The molecule has 0 aliphatic rings. The molecule has 0 fully saturated rings. The van der Waals surface area contributed by atoms with E-state index in [1.165, 1.54) is 6.92 Å². The topological polar surface area (TPSA) is 108 Å². The Hall–Kier alpha value is -2.10. The highest BCUT2D eigenvalue weighted by atomic mass is 32.2. The van der Waals surface area contributed by atoms with Gasteiger partial charge in [-0.15, -0.1) is 0 Å². The third kappa shape index (κ3) is 3.95. The van der Waals surface area contributed by atoms with Crippen LogP contribution in [0.1, 0.15) is 6.92 Å². The lowest BCUT2D eigenvalue weighted by Crippen LogP contribution is -2.16. The number of benzene rings is 1. The number of carbonyl (C=O) groups excluding carboxylic acids is 1. The number of nitrogens with two attached hydrogens (primary N) is 1. The van der Waals surface area contributed by atoms with Crippen molar-refractivity contribution in [2.24, 2.45) is 0 Å². The molecule has 0 aliphatic carbocycles. The van der Waals surface area contributed by atoms with E-state index in [0.29, 0.717) is 12.3 Å². The summed E-state index contributed by atoms with van der Waals surface area (Å²) in [5, 5.41) is 1.95. The summed E-state index contributed by atoms with van der Waals surface area (Å²) < 4.78 is 57.9. The van der Waals surface area contributed by atoms with Gasteiger partial charge >= 0.3 is 16.2 Å². The molecule has 0 aromatic heterocycles. The predicted molar refractivity (Wildman–Crippen MR) is 66.9 cm³/mol. The number of hydrogen-bond donors (Lipinski definition) is 2. The third-order valence-electron chi connectivity index (χ3n) is 1.95. The van der Waals surface area contributed by atoms with Crippen LogP contribution in [0.5, 0.6) is 5.75 Å². The molecule has 1 aromatic rings. The van der Waals surface area contributed by atoms with Gasteiger partial charge in [-0.05, 0) is 6.92 Å². The average molecular weight is 310 g/mol. The lowest BCUT2D eigenvalue weighted by Gasteiger charge is -2.12. The van der Waals surface area contributed by atoms with E-state index in [9.17, 15) is 22.0 Å². The van der Waals surface area contributed by atoms with Crippen LogP contribution >= 0.6 is 0 Å². The van der Waals surface area contributed by atoms with Crippen LogP contribution in [0.3, 0.4) is 0 Å². The summed E-state index contributed by atoms with van der Waals surface area (Å²) in [7, 11) is -4.05. The number of anilines is 2. The zero-order valence-corrected chi connectivity index (χ0v) is 11.4. The number of amides is 1. The lowest BCUT2D eigenvalue weighted by atomic mass is 10.2. The number of nitrogen functional groups attached to an aromatic ring is 1. The molecule has 0 heterocycles. The fraction of sp³-hybridized carbons (Fsp3) is 0.300. The lowest BCUT2D eigenvalue weighted by molar-refractivity contribution is 0.168. The molecule has 3 N–H and O–H groups in total. The Bertz CT molecular complexity index is 633. The van der Waals surface area contributed by atoms with Crippen LogP contribution in [-0.2, 0) is 14.9 Å². The van der Waals surface area contributed by atoms with Gasteiger partial charge in [0, 0.05) is 6.07 Å². The molecule has 1 aromatic carbocycles. The number of hydrogen-bond acceptors (Lipinski definition) is 6. The molecule has 0 radical (unpaired) electrons. The molecule has 1 amide bonds. The van der Waals surface area contributed by atoms with Gasteiger partial charge in [0.05, 0.1) is 18.6 Å². The standard InChI is InChI=1S/C10H12F2N2O5S/c1-3-18-10(15)14-5-4-6(19-20(2,16)17)8(12)9(13)7(5)11/h4H,3,13H2,1-2H3,(H,14,15). The minimum Gasteiger partial charge on any atom is -0.450 e. The van der Waals surface area contributed by atoms with Crippen molar-refractivity contribution in [2.45, 2.75) is 6.92 Å². The highest BCUT2D eigenvalue weighted by Gasteiger charge is 2.21. The molecule has 0 bridgehead atoms. The molecule has 20 heavy (non-hydrogen) atoms. The van der Waals surface area contributed by atoms with Crippen LogP contribution in [0, 0.1) is 11.6 Å². The minimum absolute atomic E-state index is 0.0246. The van der Waals surface area contributed by atoms with Crippen LogP contribution < -0.4 is 15.2 Å². The van der Waals surface area contributed by atoms with E-state index < -0.39 is 45.0 Å². The van der Waals surface area contributed by atoms with Gasteiger partial charge in [-0.3, -0.25) is 5.32 Å². The SMILES string of the molecule is CCOC(=O)Nc1cc(OS(C)(=O)=O)c(F)c(N)c1F. The maximum Gasteiger partial charge on any atom is 0.411 e. The van der Waals surface area contributed by atoms with Crippen molar-refractivity contribution >= 4 is 27.6 Å². The van der Waals surface area contributed by atoms with Crippen molar-refractivity contribution in [2.75, 3.05) is 23.9 Å². The monoisotopic (exact) mass is 310 g/mol. The van der Waals surface area contributed by atoms with Crippen LogP contribution in [0.15, 0.2) is 6.07 Å². The summed E-state index contributed by atoms with van der Waals surface area (Å²) in [6.07, 6.45) is -0.340. The Morgan fingerprint density at radius 2 is 2.00 bits per heavy atom. The van der Waals surface area contributed by atoms with Crippen LogP contribution in [0.2, 0.25) is 0 Å². The van der Waals surface area contributed by atoms with E-state index in [1.54, 1.807) is 0 Å². The predicted octanol–water partition coefficient (Wildman–Crippen LogP) is 1.45. The van der Waals surface area contributed by atoms with Gasteiger partial charge < -0.3 is 14.7 Å². The van der Waals surface area contributed by atoms with E-state index in [1.807, 2.05) is 5.32 Å². The number of ether oxygens (including phenoxy) is 1. The summed E-state index contributed by atoms with van der Waals surface area (Å²) in [5.74, 6) is -3.49. The number of carbonyl (C=O) groups is 1. The van der Waals surface area contributed by atoms with E-state index >= 15 is 0 Å². The molecule has 0 spiro atoms. The van der Waals surface area contributed by atoms with Crippen molar-refractivity contribution in [3.8, 4) is 5.75 Å². The van der Waals surface area contributed by atoms with Crippen molar-refractivity contribution in [3.63, 3.8) is 0 Å².